The molecule has 4 rings (SSSR count). The van der Waals surface area contributed by atoms with Crippen LogP contribution in [0.5, 0.6) is 5.75 Å². The number of ether oxygens (including phenoxy) is 1. The van der Waals surface area contributed by atoms with Crippen molar-refractivity contribution >= 4 is 0 Å². The fraction of sp³-hybridized carbons (Fsp3) is 0.522. The maximum Gasteiger partial charge on any atom is 0.343 e. The molecule has 1 aromatic heterocycles. The summed E-state index contributed by atoms with van der Waals surface area (Å²) in [6, 6.07) is 10.1. The van der Waals surface area contributed by atoms with Crippen molar-refractivity contribution in [3.05, 3.63) is 63.7 Å². The lowest BCUT2D eigenvalue weighted by Gasteiger charge is -2.33. The molecule has 0 radical (unpaired) electrons. The Morgan fingerprint density at radius 2 is 1.72 bits per heavy atom. The van der Waals surface area contributed by atoms with Gasteiger partial charge in [0.2, 0.25) is 0 Å². The van der Waals surface area contributed by atoms with Gasteiger partial charge in [0.1, 0.15) is 12.0 Å². The molecular weight excluding hydrogens is 368 g/mol. The van der Waals surface area contributed by atoms with E-state index in [1.807, 2.05) is 18.2 Å². The molecule has 3 heterocycles. The summed E-state index contributed by atoms with van der Waals surface area (Å²) in [4.78, 5) is 16.9. The monoisotopic (exact) mass is 398 g/mol. The molecule has 0 spiro atoms. The molecule has 29 heavy (non-hydrogen) atoms. The van der Waals surface area contributed by atoms with Crippen molar-refractivity contribution in [3.63, 3.8) is 0 Å². The summed E-state index contributed by atoms with van der Waals surface area (Å²) in [7, 11) is 0. The van der Waals surface area contributed by atoms with Gasteiger partial charge >= 0.3 is 5.63 Å². The van der Waals surface area contributed by atoms with Crippen molar-refractivity contribution < 1.29 is 14.3 Å². The summed E-state index contributed by atoms with van der Waals surface area (Å²) in [6.07, 6.45) is 6.28. The van der Waals surface area contributed by atoms with Crippen molar-refractivity contribution in [3.8, 4) is 5.75 Å². The molecule has 2 fully saturated rings. The smallest absolute Gasteiger partial charge is 0.343 e. The van der Waals surface area contributed by atoms with Crippen molar-refractivity contribution in [2.45, 2.75) is 44.9 Å². The van der Waals surface area contributed by atoms with E-state index in [9.17, 15) is 9.90 Å². The fourth-order valence-corrected chi connectivity index (χ4v) is 4.27. The number of aromatic hydroxyl groups is 1. The highest BCUT2D eigenvalue weighted by atomic mass is 16.5. The lowest BCUT2D eigenvalue weighted by atomic mass is 10.1. The van der Waals surface area contributed by atoms with Gasteiger partial charge in [-0.05, 0) is 31.5 Å². The number of morpholine rings is 1. The van der Waals surface area contributed by atoms with Crippen LogP contribution in [0.25, 0.3) is 0 Å². The van der Waals surface area contributed by atoms with Crippen LogP contribution in [0.2, 0.25) is 0 Å². The van der Waals surface area contributed by atoms with E-state index in [0.29, 0.717) is 37.4 Å². The van der Waals surface area contributed by atoms with Crippen LogP contribution in [0.3, 0.4) is 0 Å². The SMILES string of the molecule is O=c1occ(CN2CCCCCC2)c(O)c1CN1CCO[C@H](c2ccccc2)C1. The van der Waals surface area contributed by atoms with E-state index >= 15 is 0 Å². The van der Waals surface area contributed by atoms with E-state index in [1.54, 1.807) is 0 Å². The standard InChI is InChI=1S/C23H30N2O4/c26-22-19(14-24-10-6-1-2-7-11-24)17-29-23(27)20(22)15-25-12-13-28-21(16-25)18-8-4-3-5-9-18/h3-5,8-9,17,21,26H,1-2,6-7,10-16H2/t21-/m0/s1. The first-order chi connectivity index (χ1) is 14.2. The summed E-state index contributed by atoms with van der Waals surface area (Å²) in [5.74, 6) is 0.0910. The van der Waals surface area contributed by atoms with E-state index < -0.39 is 5.63 Å². The van der Waals surface area contributed by atoms with Crippen LogP contribution in [-0.2, 0) is 17.8 Å². The fourth-order valence-electron chi connectivity index (χ4n) is 4.27. The van der Waals surface area contributed by atoms with Gasteiger partial charge in [-0.2, -0.15) is 0 Å². The summed E-state index contributed by atoms with van der Waals surface area (Å²) in [5, 5.41) is 10.8. The lowest BCUT2D eigenvalue weighted by molar-refractivity contribution is -0.0334. The number of likely N-dealkylation sites (tertiary alicyclic amines) is 1. The largest absolute Gasteiger partial charge is 0.507 e. The summed E-state index contributed by atoms with van der Waals surface area (Å²) < 4.78 is 11.2. The molecule has 2 aliphatic rings. The third-order valence-electron chi connectivity index (χ3n) is 5.94. The van der Waals surface area contributed by atoms with Gasteiger partial charge < -0.3 is 14.3 Å². The Morgan fingerprint density at radius 3 is 2.48 bits per heavy atom. The molecule has 2 aromatic rings. The molecule has 0 unspecified atom stereocenters. The van der Waals surface area contributed by atoms with Gasteiger partial charge in [0.05, 0.1) is 18.3 Å². The zero-order valence-electron chi connectivity index (χ0n) is 16.9. The minimum atomic E-state index is -0.454. The predicted molar refractivity (Wildman–Crippen MR) is 111 cm³/mol. The van der Waals surface area contributed by atoms with Crippen molar-refractivity contribution in [2.75, 3.05) is 32.8 Å². The Morgan fingerprint density at radius 1 is 0.966 bits per heavy atom. The Kier molecular flexibility index (Phi) is 6.64. The molecule has 6 nitrogen and oxygen atoms in total. The molecular formula is C23H30N2O4. The number of hydrogen-bond donors (Lipinski definition) is 1. The average Bonchev–Trinajstić information content (AvgIpc) is 3.03. The van der Waals surface area contributed by atoms with Crippen LogP contribution in [0.15, 0.2) is 45.8 Å². The zero-order valence-corrected chi connectivity index (χ0v) is 16.9. The van der Waals surface area contributed by atoms with Crippen molar-refractivity contribution in [1.29, 1.82) is 0 Å². The second-order valence-corrected chi connectivity index (χ2v) is 8.07. The van der Waals surface area contributed by atoms with E-state index in [2.05, 4.69) is 21.9 Å². The predicted octanol–water partition coefficient (Wildman–Crippen LogP) is 3.29. The van der Waals surface area contributed by atoms with Crippen LogP contribution in [0.1, 0.15) is 48.5 Å². The summed E-state index contributed by atoms with van der Waals surface area (Å²) >= 11 is 0. The maximum atomic E-state index is 12.4. The van der Waals surface area contributed by atoms with Crippen LogP contribution in [-0.4, -0.2) is 47.7 Å². The molecule has 2 aliphatic heterocycles. The van der Waals surface area contributed by atoms with Gasteiger partial charge in [0.25, 0.3) is 0 Å². The van der Waals surface area contributed by atoms with E-state index in [1.165, 1.54) is 31.9 Å². The second kappa shape index (κ2) is 9.57. The first kappa shape index (κ1) is 20.1. The Bertz CT molecular complexity index is 844. The minimum Gasteiger partial charge on any atom is -0.507 e. The Balaban J connectivity index is 1.47. The average molecular weight is 399 g/mol. The van der Waals surface area contributed by atoms with Crippen LogP contribution in [0.4, 0.5) is 0 Å². The lowest BCUT2D eigenvalue weighted by Crippen LogP contribution is -2.38. The molecule has 0 saturated carbocycles. The Hall–Kier alpha value is -2.15. The first-order valence-corrected chi connectivity index (χ1v) is 10.6. The number of nitrogens with zero attached hydrogens (tertiary/aromatic N) is 2. The third-order valence-corrected chi connectivity index (χ3v) is 5.94. The molecule has 2 saturated heterocycles. The van der Waals surface area contributed by atoms with Crippen molar-refractivity contribution in [2.24, 2.45) is 0 Å². The third kappa shape index (κ3) is 5.07. The van der Waals surface area contributed by atoms with Crippen LogP contribution in [0, 0.1) is 0 Å². The van der Waals surface area contributed by atoms with Gasteiger partial charge in [-0.25, -0.2) is 4.79 Å². The van der Waals surface area contributed by atoms with E-state index in [-0.39, 0.29) is 11.9 Å². The Labute approximate surface area is 171 Å². The van der Waals surface area contributed by atoms with Crippen LogP contribution >= 0.6 is 0 Å². The highest BCUT2D eigenvalue weighted by Crippen LogP contribution is 2.27. The molecule has 1 N–H and O–H groups in total. The highest BCUT2D eigenvalue weighted by molar-refractivity contribution is 5.36. The summed E-state index contributed by atoms with van der Waals surface area (Å²) in [6.45, 7) is 5.04. The van der Waals surface area contributed by atoms with Crippen LogP contribution < -0.4 is 5.63 Å². The van der Waals surface area contributed by atoms with E-state index in [0.717, 1.165) is 25.2 Å². The number of benzene rings is 1. The molecule has 0 aliphatic carbocycles. The van der Waals surface area contributed by atoms with E-state index in [4.69, 9.17) is 9.15 Å². The van der Waals surface area contributed by atoms with Gasteiger partial charge in [-0.3, -0.25) is 9.80 Å². The minimum absolute atomic E-state index is 0.0283. The molecule has 1 aromatic carbocycles. The molecule has 0 amide bonds. The molecule has 1 atom stereocenters. The molecule has 156 valence electrons. The molecule has 6 heteroatoms. The normalized spacial score (nSPS) is 21.7. The topological polar surface area (TPSA) is 66.2 Å². The quantitative estimate of drug-likeness (QED) is 0.834. The first-order valence-electron chi connectivity index (χ1n) is 10.6. The number of hydrogen-bond acceptors (Lipinski definition) is 6. The zero-order chi connectivity index (χ0) is 20.1. The van der Waals surface area contributed by atoms with Gasteiger partial charge in [-0.1, -0.05) is 43.2 Å². The van der Waals surface area contributed by atoms with Gasteiger partial charge in [-0.15, -0.1) is 0 Å². The highest BCUT2D eigenvalue weighted by Gasteiger charge is 2.25. The van der Waals surface area contributed by atoms with Gasteiger partial charge in [0, 0.05) is 31.7 Å². The second-order valence-electron chi connectivity index (χ2n) is 8.07. The van der Waals surface area contributed by atoms with Gasteiger partial charge in [0.15, 0.2) is 0 Å². The summed E-state index contributed by atoms with van der Waals surface area (Å²) in [5.41, 5.74) is 1.73. The maximum absolute atomic E-state index is 12.4. The number of rotatable bonds is 5. The van der Waals surface area contributed by atoms with Crippen molar-refractivity contribution in [1.82, 2.24) is 9.80 Å². The molecule has 0 bridgehead atoms.